The van der Waals surface area contributed by atoms with E-state index in [2.05, 4.69) is 43.4 Å². The number of carboxylic acid groups (broad SMARTS) is 1. The summed E-state index contributed by atoms with van der Waals surface area (Å²) in [5, 5.41) is 8.64. The third kappa shape index (κ3) is 40.1. The zero-order valence-electron chi connectivity index (χ0n) is 29.8. The van der Waals surface area contributed by atoms with E-state index >= 15 is 0 Å². The van der Waals surface area contributed by atoms with Gasteiger partial charge in [0.15, 0.2) is 0 Å². The Morgan fingerprint density at radius 2 is 0.800 bits per heavy atom. The van der Waals surface area contributed by atoms with Crippen molar-refractivity contribution in [3.63, 3.8) is 0 Å². The van der Waals surface area contributed by atoms with E-state index in [0.29, 0.717) is 19.4 Å². The molecule has 0 saturated carbocycles. The van der Waals surface area contributed by atoms with Gasteiger partial charge in [0, 0.05) is 12.8 Å². The van der Waals surface area contributed by atoms with E-state index in [-0.39, 0.29) is 5.97 Å². The van der Waals surface area contributed by atoms with Gasteiger partial charge in [-0.1, -0.05) is 178 Å². The van der Waals surface area contributed by atoms with Crippen LogP contribution in [0.15, 0.2) is 36.5 Å². The maximum atomic E-state index is 11.9. The second kappa shape index (κ2) is 38.3. The second-order valence-corrected chi connectivity index (χ2v) is 13.0. The van der Waals surface area contributed by atoms with Crippen molar-refractivity contribution in [2.75, 3.05) is 6.61 Å². The molecule has 0 heterocycles. The number of hydrogen-bond donors (Lipinski definition) is 1. The van der Waals surface area contributed by atoms with Crippen molar-refractivity contribution in [3.8, 4) is 0 Å². The first-order chi connectivity index (χ1) is 22.2. The smallest absolute Gasteiger partial charge is 0.305 e. The molecule has 4 heteroatoms. The van der Waals surface area contributed by atoms with E-state index in [1.54, 1.807) is 0 Å². The van der Waals surface area contributed by atoms with E-state index < -0.39 is 5.97 Å². The summed E-state index contributed by atoms with van der Waals surface area (Å²) in [7, 11) is 0. The molecule has 0 aliphatic heterocycles. The molecule has 0 aliphatic carbocycles. The van der Waals surface area contributed by atoms with Crippen molar-refractivity contribution in [3.05, 3.63) is 36.5 Å². The number of carboxylic acids is 1. The summed E-state index contributed by atoms with van der Waals surface area (Å²) in [6, 6.07) is 0. The Balaban J connectivity index is 3.21. The lowest BCUT2D eigenvalue weighted by Crippen LogP contribution is -2.05. The number of unbranched alkanes of at least 4 members (excludes halogenated alkanes) is 24. The highest BCUT2D eigenvalue weighted by Gasteiger charge is 2.03. The first kappa shape index (κ1) is 43.2. The molecule has 45 heavy (non-hydrogen) atoms. The average molecular weight is 631 g/mol. The van der Waals surface area contributed by atoms with Crippen LogP contribution in [-0.2, 0) is 14.3 Å². The Hall–Kier alpha value is -1.84. The van der Waals surface area contributed by atoms with Gasteiger partial charge in [-0.2, -0.15) is 0 Å². The molecule has 0 aromatic carbocycles. The molecule has 0 fully saturated rings. The first-order valence-corrected chi connectivity index (χ1v) is 19.5. The summed E-state index contributed by atoms with van der Waals surface area (Å²) in [6.07, 6.45) is 50.2. The highest BCUT2D eigenvalue weighted by Crippen LogP contribution is 2.15. The first-order valence-electron chi connectivity index (χ1n) is 19.5. The number of hydrogen-bond acceptors (Lipinski definition) is 3. The standard InChI is InChI=1S/C41H74O4/c1-2-3-4-5-6-7-8-9-16-20-23-26-29-32-35-38-41(44)45-39-36-33-30-27-24-21-18-15-13-11-10-12-14-17-19-22-25-28-31-34-37-40(42)43/h3-4,6-7,9,16H,2,5,8,10-15,17-39H2,1H3,(H,42,43)/b4-3-,7-6-,16-9-. The van der Waals surface area contributed by atoms with E-state index in [4.69, 9.17) is 9.84 Å². The van der Waals surface area contributed by atoms with Gasteiger partial charge < -0.3 is 9.84 Å². The minimum Gasteiger partial charge on any atom is -0.481 e. The van der Waals surface area contributed by atoms with Gasteiger partial charge in [-0.25, -0.2) is 0 Å². The SMILES string of the molecule is CC/C=C\C/C=C\C/C=C\CCCCCCCC(=O)OCCCCCCCCCCCCCCCCCCCCCCC(=O)O. The van der Waals surface area contributed by atoms with E-state index in [1.807, 2.05) is 0 Å². The van der Waals surface area contributed by atoms with Crippen LogP contribution in [0.2, 0.25) is 0 Å². The fourth-order valence-electron chi connectivity index (χ4n) is 5.71. The number of esters is 1. The lowest BCUT2D eigenvalue weighted by atomic mass is 10.0. The summed E-state index contributed by atoms with van der Waals surface area (Å²) in [6.45, 7) is 2.77. The van der Waals surface area contributed by atoms with E-state index in [0.717, 1.165) is 57.8 Å². The normalized spacial score (nSPS) is 11.8. The monoisotopic (exact) mass is 631 g/mol. The highest BCUT2D eigenvalue weighted by molar-refractivity contribution is 5.69. The molecule has 4 nitrogen and oxygen atoms in total. The lowest BCUT2D eigenvalue weighted by Gasteiger charge is -2.06. The minimum absolute atomic E-state index is 0.00512. The Bertz CT molecular complexity index is 708. The Morgan fingerprint density at radius 1 is 0.444 bits per heavy atom. The number of carbonyl (C=O) groups is 2. The molecule has 0 aliphatic rings. The van der Waals surface area contributed by atoms with Crippen LogP contribution in [-0.4, -0.2) is 23.7 Å². The molecule has 0 bridgehead atoms. The molecule has 0 saturated heterocycles. The number of carbonyl (C=O) groups excluding carboxylic acids is 1. The van der Waals surface area contributed by atoms with Crippen molar-refractivity contribution in [2.45, 2.75) is 206 Å². The van der Waals surface area contributed by atoms with Gasteiger partial charge in [0.1, 0.15) is 0 Å². The summed E-state index contributed by atoms with van der Waals surface area (Å²) < 4.78 is 5.44. The topological polar surface area (TPSA) is 63.6 Å². The van der Waals surface area contributed by atoms with Crippen LogP contribution in [0.25, 0.3) is 0 Å². The molecule has 0 radical (unpaired) electrons. The zero-order valence-corrected chi connectivity index (χ0v) is 29.8. The van der Waals surface area contributed by atoms with E-state index in [1.165, 1.54) is 128 Å². The minimum atomic E-state index is -0.661. The van der Waals surface area contributed by atoms with Gasteiger partial charge in [-0.15, -0.1) is 0 Å². The Morgan fingerprint density at radius 3 is 1.24 bits per heavy atom. The third-order valence-corrected chi connectivity index (χ3v) is 8.58. The van der Waals surface area contributed by atoms with Crippen molar-refractivity contribution < 1.29 is 19.4 Å². The molecule has 262 valence electrons. The molecule has 0 rings (SSSR count). The number of rotatable bonds is 36. The fraction of sp³-hybridized carbons (Fsp3) is 0.805. The second-order valence-electron chi connectivity index (χ2n) is 13.0. The van der Waals surface area contributed by atoms with Gasteiger partial charge in [-0.3, -0.25) is 9.59 Å². The largest absolute Gasteiger partial charge is 0.481 e. The van der Waals surface area contributed by atoms with Crippen LogP contribution in [0.4, 0.5) is 0 Å². The van der Waals surface area contributed by atoms with Crippen LogP contribution in [0.5, 0.6) is 0 Å². The maximum Gasteiger partial charge on any atom is 0.305 e. The van der Waals surface area contributed by atoms with Gasteiger partial charge in [0.25, 0.3) is 0 Å². The van der Waals surface area contributed by atoms with Crippen LogP contribution < -0.4 is 0 Å². The van der Waals surface area contributed by atoms with Crippen molar-refractivity contribution in [1.29, 1.82) is 0 Å². The van der Waals surface area contributed by atoms with Gasteiger partial charge in [-0.05, 0) is 51.4 Å². The quantitative estimate of drug-likeness (QED) is 0.0425. The Labute approximate surface area is 279 Å². The molecule has 0 aromatic rings. The van der Waals surface area contributed by atoms with Crippen molar-refractivity contribution in [1.82, 2.24) is 0 Å². The third-order valence-electron chi connectivity index (χ3n) is 8.58. The highest BCUT2D eigenvalue weighted by atomic mass is 16.5. The van der Waals surface area contributed by atoms with Crippen molar-refractivity contribution in [2.24, 2.45) is 0 Å². The summed E-state index contributed by atoms with van der Waals surface area (Å²) in [5.41, 5.74) is 0. The lowest BCUT2D eigenvalue weighted by molar-refractivity contribution is -0.144. The number of ether oxygens (including phenoxy) is 1. The van der Waals surface area contributed by atoms with Crippen LogP contribution in [0.1, 0.15) is 206 Å². The predicted molar refractivity (Wildman–Crippen MR) is 195 cm³/mol. The number of aliphatic carboxylic acids is 1. The summed E-state index contributed by atoms with van der Waals surface area (Å²) >= 11 is 0. The fourth-order valence-corrected chi connectivity index (χ4v) is 5.71. The molecule has 0 atom stereocenters. The average Bonchev–Trinajstić information content (AvgIpc) is 3.03. The van der Waals surface area contributed by atoms with E-state index in [9.17, 15) is 9.59 Å². The molecule has 0 aromatic heterocycles. The van der Waals surface area contributed by atoms with Crippen molar-refractivity contribution >= 4 is 11.9 Å². The maximum absolute atomic E-state index is 11.9. The van der Waals surface area contributed by atoms with Crippen LogP contribution in [0.3, 0.4) is 0 Å². The molecule has 0 amide bonds. The summed E-state index contributed by atoms with van der Waals surface area (Å²) in [4.78, 5) is 22.4. The predicted octanol–water partition coefficient (Wildman–Crippen LogP) is 13.4. The van der Waals surface area contributed by atoms with Crippen LogP contribution >= 0.6 is 0 Å². The molecule has 1 N–H and O–H groups in total. The Kier molecular flexibility index (Phi) is 36.8. The van der Waals surface area contributed by atoms with Gasteiger partial charge in [0.05, 0.1) is 6.61 Å². The molecule has 0 unspecified atom stereocenters. The molecular formula is C41H74O4. The van der Waals surface area contributed by atoms with Crippen LogP contribution in [0, 0.1) is 0 Å². The van der Waals surface area contributed by atoms with Gasteiger partial charge >= 0.3 is 11.9 Å². The molecular weight excluding hydrogens is 556 g/mol. The molecule has 0 spiro atoms. The number of allylic oxidation sites excluding steroid dienone is 6. The van der Waals surface area contributed by atoms with Gasteiger partial charge in [0.2, 0.25) is 0 Å². The summed E-state index contributed by atoms with van der Waals surface area (Å²) in [5.74, 6) is -0.666. The zero-order chi connectivity index (χ0) is 32.7.